The van der Waals surface area contributed by atoms with E-state index in [0.717, 1.165) is 0 Å². The molecule has 3 aromatic rings. The maximum atomic E-state index is 14.2. The van der Waals surface area contributed by atoms with Crippen LogP contribution in [-0.2, 0) is 0 Å². The summed E-state index contributed by atoms with van der Waals surface area (Å²) in [7, 11) is 1.36. The number of rotatable bonds is 1. The zero-order valence-corrected chi connectivity index (χ0v) is 11.8. The van der Waals surface area contributed by atoms with E-state index in [2.05, 4.69) is 4.98 Å². The van der Waals surface area contributed by atoms with Crippen molar-refractivity contribution in [2.75, 3.05) is 7.11 Å². The summed E-state index contributed by atoms with van der Waals surface area (Å²) < 4.78 is 19.6. The summed E-state index contributed by atoms with van der Waals surface area (Å²) in [6.45, 7) is 3.23. The predicted octanol–water partition coefficient (Wildman–Crippen LogP) is 2.55. The largest absolute Gasteiger partial charge is 0.494 e. The second-order valence-corrected chi connectivity index (χ2v) is 4.88. The maximum Gasteiger partial charge on any atom is 0.293 e. The van der Waals surface area contributed by atoms with Gasteiger partial charge in [0.25, 0.3) is 5.56 Å². The highest BCUT2D eigenvalue weighted by atomic mass is 19.1. The molecule has 0 spiro atoms. The Hall–Kier alpha value is -2.63. The molecule has 6 heteroatoms. The number of ether oxygens (including phenoxy) is 1. The zero-order valence-electron chi connectivity index (χ0n) is 11.8. The average Bonchev–Trinajstić information content (AvgIpc) is 2.47. The smallest absolute Gasteiger partial charge is 0.293 e. The topological polar surface area (TPSA) is 64.3 Å². The number of pyridine rings is 2. The van der Waals surface area contributed by atoms with Gasteiger partial charge in [-0.05, 0) is 31.5 Å². The van der Waals surface area contributed by atoms with E-state index in [0.29, 0.717) is 26.6 Å². The van der Waals surface area contributed by atoms with E-state index in [9.17, 15) is 14.4 Å². The van der Waals surface area contributed by atoms with E-state index in [1.54, 1.807) is 19.2 Å². The van der Waals surface area contributed by atoms with Crippen LogP contribution in [0.1, 0.15) is 11.1 Å². The van der Waals surface area contributed by atoms with Gasteiger partial charge in [0.2, 0.25) is 0 Å². The first-order chi connectivity index (χ1) is 9.97. The Labute approximate surface area is 119 Å². The molecular formula is C15H13FN2O3. The summed E-state index contributed by atoms with van der Waals surface area (Å²) in [6.07, 6.45) is 1.57. The third kappa shape index (κ3) is 1.68. The number of methoxy groups -OCH3 is 1. The minimum Gasteiger partial charge on any atom is -0.494 e. The number of aromatic nitrogens is 2. The lowest BCUT2D eigenvalue weighted by molar-refractivity contribution is 0.189. The van der Waals surface area contributed by atoms with E-state index >= 15 is 0 Å². The lowest BCUT2D eigenvalue weighted by atomic mass is 10.0. The van der Waals surface area contributed by atoms with Gasteiger partial charge in [0.05, 0.1) is 23.5 Å². The molecule has 5 nitrogen and oxygen atoms in total. The number of hydrogen-bond acceptors (Lipinski definition) is 4. The first kappa shape index (κ1) is 13.4. The van der Waals surface area contributed by atoms with E-state index in [-0.39, 0.29) is 16.8 Å². The van der Waals surface area contributed by atoms with Gasteiger partial charge in [-0.3, -0.25) is 9.78 Å². The molecule has 0 bridgehead atoms. The van der Waals surface area contributed by atoms with Crippen LogP contribution in [-0.4, -0.2) is 22.0 Å². The Morgan fingerprint density at radius 3 is 2.76 bits per heavy atom. The number of fused-ring (bicyclic) bond motifs is 3. The molecule has 0 radical (unpaired) electrons. The van der Waals surface area contributed by atoms with Crippen LogP contribution in [0.15, 0.2) is 23.1 Å². The van der Waals surface area contributed by atoms with Crippen LogP contribution in [0.3, 0.4) is 0 Å². The minimum absolute atomic E-state index is 0.0447. The molecular weight excluding hydrogens is 275 g/mol. The molecule has 0 saturated heterocycles. The van der Waals surface area contributed by atoms with Crippen molar-refractivity contribution in [3.8, 4) is 5.75 Å². The second kappa shape index (κ2) is 4.44. The molecule has 0 fully saturated rings. The molecule has 1 N–H and O–H groups in total. The van der Waals surface area contributed by atoms with Gasteiger partial charge in [0.1, 0.15) is 0 Å². The van der Waals surface area contributed by atoms with Gasteiger partial charge in [-0.1, -0.05) is 0 Å². The number of benzene rings is 1. The fourth-order valence-electron chi connectivity index (χ4n) is 2.60. The van der Waals surface area contributed by atoms with E-state index < -0.39 is 11.4 Å². The van der Waals surface area contributed by atoms with Crippen molar-refractivity contribution in [1.29, 1.82) is 0 Å². The Balaban J connectivity index is 2.72. The normalized spacial score (nSPS) is 11.2. The molecule has 21 heavy (non-hydrogen) atoms. The summed E-state index contributed by atoms with van der Waals surface area (Å²) >= 11 is 0. The van der Waals surface area contributed by atoms with Gasteiger partial charge in [-0.25, -0.2) is 4.39 Å². The van der Waals surface area contributed by atoms with Crippen molar-refractivity contribution in [3.63, 3.8) is 0 Å². The second-order valence-electron chi connectivity index (χ2n) is 4.88. The fraction of sp³-hybridized carbons (Fsp3) is 0.200. The highest BCUT2D eigenvalue weighted by Gasteiger charge is 2.19. The van der Waals surface area contributed by atoms with E-state index in [1.807, 2.05) is 0 Å². The highest BCUT2D eigenvalue weighted by Crippen LogP contribution is 2.31. The Kier molecular flexibility index (Phi) is 2.83. The summed E-state index contributed by atoms with van der Waals surface area (Å²) in [4.78, 5) is 16.5. The molecule has 108 valence electrons. The van der Waals surface area contributed by atoms with Crippen molar-refractivity contribution >= 4 is 21.8 Å². The predicted molar refractivity (Wildman–Crippen MR) is 76.7 cm³/mol. The van der Waals surface area contributed by atoms with Crippen LogP contribution in [0, 0.1) is 19.7 Å². The summed E-state index contributed by atoms with van der Waals surface area (Å²) in [5.41, 5.74) is 0.728. The van der Waals surface area contributed by atoms with Crippen LogP contribution in [0.2, 0.25) is 0 Å². The lowest BCUT2D eigenvalue weighted by Crippen LogP contribution is -2.20. The molecule has 2 heterocycles. The minimum atomic E-state index is -0.615. The van der Waals surface area contributed by atoms with Gasteiger partial charge in [0.15, 0.2) is 11.6 Å². The molecule has 0 aliphatic heterocycles. The SMILES string of the molecule is COc1cc2c3nccc(C)c3c(=O)n(O)c2c(C)c1F. The Bertz CT molecular complexity index is 947. The first-order valence-electron chi connectivity index (χ1n) is 6.33. The Morgan fingerprint density at radius 2 is 2.10 bits per heavy atom. The number of nitrogens with zero attached hydrogens (tertiary/aromatic N) is 2. The van der Waals surface area contributed by atoms with Crippen molar-refractivity contribution in [1.82, 2.24) is 9.71 Å². The van der Waals surface area contributed by atoms with Crippen molar-refractivity contribution in [3.05, 3.63) is 45.6 Å². The third-order valence-corrected chi connectivity index (χ3v) is 3.68. The average molecular weight is 288 g/mol. The number of hydrogen-bond donors (Lipinski definition) is 1. The molecule has 0 amide bonds. The number of aryl methyl sites for hydroxylation is 2. The van der Waals surface area contributed by atoms with Crippen LogP contribution in [0.4, 0.5) is 4.39 Å². The molecule has 1 aromatic carbocycles. The molecule has 0 saturated carbocycles. The van der Waals surface area contributed by atoms with Crippen LogP contribution in [0.5, 0.6) is 5.75 Å². The van der Waals surface area contributed by atoms with Gasteiger partial charge < -0.3 is 9.94 Å². The van der Waals surface area contributed by atoms with Crippen LogP contribution >= 0.6 is 0 Å². The zero-order chi connectivity index (χ0) is 15.3. The fourth-order valence-corrected chi connectivity index (χ4v) is 2.60. The van der Waals surface area contributed by atoms with Crippen LogP contribution < -0.4 is 10.3 Å². The third-order valence-electron chi connectivity index (χ3n) is 3.68. The number of halogens is 1. The quantitative estimate of drug-likeness (QED) is 0.552. The van der Waals surface area contributed by atoms with Gasteiger partial charge in [0, 0.05) is 17.1 Å². The molecule has 2 aromatic heterocycles. The monoisotopic (exact) mass is 288 g/mol. The van der Waals surface area contributed by atoms with E-state index in [1.165, 1.54) is 20.1 Å². The standard InChI is InChI=1S/C15H13FN2O3/c1-7-4-5-17-13-9-6-10(21-3)12(16)8(2)14(9)18(20)15(19)11(7)13/h4-6,20H,1-3H3. The summed E-state index contributed by atoms with van der Waals surface area (Å²) in [5, 5.41) is 10.9. The van der Waals surface area contributed by atoms with Gasteiger partial charge in [-0.2, -0.15) is 0 Å². The van der Waals surface area contributed by atoms with Crippen LogP contribution in [0.25, 0.3) is 21.8 Å². The summed E-state index contributed by atoms with van der Waals surface area (Å²) in [5.74, 6) is -0.567. The highest BCUT2D eigenvalue weighted by molar-refractivity contribution is 6.05. The van der Waals surface area contributed by atoms with Crippen molar-refractivity contribution < 1.29 is 14.3 Å². The molecule has 0 aliphatic carbocycles. The molecule has 0 atom stereocenters. The first-order valence-corrected chi connectivity index (χ1v) is 6.33. The Morgan fingerprint density at radius 1 is 1.38 bits per heavy atom. The van der Waals surface area contributed by atoms with Gasteiger partial charge >= 0.3 is 0 Å². The lowest BCUT2D eigenvalue weighted by Gasteiger charge is -2.13. The molecule has 0 aliphatic rings. The van der Waals surface area contributed by atoms with Gasteiger partial charge in [-0.15, -0.1) is 4.73 Å². The maximum absolute atomic E-state index is 14.2. The molecule has 3 rings (SSSR count). The van der Waals surface area contributed by atoms with Crippen molar-refractivity contribution in [2.24, 2.45) is 0 Å². The van der Waals surface area contributed by atoms with Crippen molar-refractivity contribution in [2.45, 2.75) is 13.8 Å². The molecule has 0 unspecified atom stereocenters. The summed E-state index contributed by atoms with van der Waals surface area (Å²) in [6, 6.07) is 3.13. The van der Waals surface area contributed by atoms with E-state index in [4.69, 9.17) is 4.74 Å².